The molecule has 0 amide bonds. The van der Waals surface area contributed by atoms with E-state index in [0.29, 0.717) is 23.6 Å². The van der Waals surface area contributed by atoms with Gasteiger partial charge in [0, 0.05) is 11.3 Å². The summed E-state index contributed by atoms with van der Waals surface area (Å²) < 4.78 is 15.4. The molecule has 5 nitrogen and oxygen atoms in total. The number of carboxylic acids is 1. The van der Waals surface area contributed by atoms with Gasteiger partial charge in [0.1, 0.15) is 11.6 Å². The highest BCUT2D eigenvalue weighted by molar-refractivity contribution is 9.11. The summed E-state index contributed by atoms with van der Waals surface area (Å²) in [6, 6.07) is 8.22. The lowest BCUT2D eigenvalue weighted by atomic mass is 10.1. The van der Waals surface area contributed by atoms with E-state index in [1.54, 1.807) is 6.07 Å². The molecule has 0 aliphatic heterocycles. The molecule has 0 aliphatic rings. The number of anilines is 2. The van der Waals surface area contributed by atoms with Crippen molar-refractivity contribution in [2.45, 2.75) is 26.7 Å². The second-order valence-electron chi connectivity index (χ2n) is 5.93. The van der Waals surface area contributed by atoms with Gasteiger partial charge in [-0.2, -0.15) is 0 Å². The van der Waals surface area contributed by atoms with Crippen LogP contribution < -0.4 is 5.32 Å². The lowest BCUT2D eigenvalue weighted by Gasteiger charge is -2.14. The van der Waals surface area contributed by atoms with Crippen LogP contribution in [0.15, 0.2) is 34.1 Å². The van der Waals surface area contributed by atoms with Crippen LogP contribution in [0.2, 0.25) is 0 Å². The van der Waals surface area contributed by atoms with E-state index in [1.165, 1.54) is 23.5 Å². The quantitative estimate of drug-likeness (QED) is 0.530. The van der Waals surface area contributed by atoms with Crippen molar-refractivity contribution in [2.75, 3.05) is 5.32 Å². The Morgan fingerprint density at radius 1 is 1.30 bits per heavy atom. The van der Waals surface area contributed by atoms with Crippen molar-refractivity contribution in [3.05, 3.63) is 56.8 Å². The van der Waals surface area contributed by atoms with E-state index in [9.17, 15) is 9.18 Å². The maximum atomic E-state index is 14.4. The first-order valence-electron chi connectivity index (χ1n) is 8.27. The summed E-state index contributed by atoms with van der Waals surface area (Å²) in [5.41, 5.74) is 2.39. The molecule has 0 fully saturated rings. The first kappa shape index (κ1) is 19.4. The molecule has 0 saturated heterocycles. The smallest absolute Gasteiger partial charge is 0.307 e. The Bertz CT molecular complexity index is 1010. The molecule has 0 aliphatic carbocycles. The first-order valence-corrected chi connectivity index (χ1v) is 9.88. The van der Waals surface area contributed by atoms with Gasteiger partial charge in [-0.3, -0.25) is 4.79 Å². The fraction of sp³-hybridized carbons (Fsp3) is 0.211. The van der Waals surface area contributed by atoms with Gasteiger partial charge in [0.2, 0.25) is 0 Å². The molecular weight excluding hydrogens is 433 g/mol. The third-order valence-corrected chi connectivity index (χ3v) is 5.62. The molecule has 27 heavy (non-hydrogen) atoms. The summed E-state index contributed by atoms with van der Waals surface area (Å²) in [4.78, 5) is 20.9. The largest absolute Gasteiger partial charge is 0.481 e. The molecule has 2 aromatic heterocycles. The van der Waals surface area contributed by atoms with Crippen LogP contribution >= 0.6 is 27.3 Å². The van der Waals surface area contributed by atoms with Crippen LogP contribution in [-0.2, 0) is 17.6 Å². The zero-order valence-corrected chi connectivity index (χ0v) is 17.1. The summed E-state index contributed by atoms with van der Waals surface area (Å²) in [7, 11) is 0. The maximum absolute atomic E-state index is 14.4. The predicted molar refractivity (Wildman–Crippen MR) is 108 cm³/mol. The van der Waals surface area contributed by atoms with E-state index in [1.807, 2.05) is 26.0 Å². The summed E-state index contributed by atoms with van der Waals surface area (Å²) in [5, 5.41) is 11.9. The number of carboxylic acid groups (broad SMARTS) is 1. The predicted octanol–water partition coefficient (Wildman–Crippen LogP) is 5.35. The number of thiophene rings is 1. The van der Waals surface area contributed by atoms with Crippen LogP contribution in [0.1, 0.15) is 23.7 Å². The van der Waals surface area contributed by atoms with Crippen molar-refractivity contribution in [2.24, 2.45) is 0 Å². The maximum Gasteiger partial charge on any atom is 0.307 e. The second kappa shape index (κ2) is 8.14. The molecule has 3 rings (SSSR count). The van der Waals surface area contributed by atoms with E-state index < -0.39 is 11.8 Å². The summed E-state index contributed by atoms with van der Waals surface area (Å²) >= 11 is 4.96. The van der Waals surface area contributed by atoms with Gasteiger partial charge in [-0.05, 0) is 59.1 Å². The molecule has 0 spiro atoms. The van der Waals surface area contributed by atoms with Gasteiger partial charge in [0.15, 0.2) is 5.82 Å². The number of halogens is 2. The van der Waals surface area contributed by atoms with Crippen LogP contribution in [0, 0.1) is 12.7 Å². The van der Waals surface area contributed by atoms with Crippen molar-refractivity contribution >= 4 is 44.7 Å². The summed E-state index contributed by atoms with van der Waals surface area (Å²) in [6.45, 7) is 3.90. The molecule has 2 heterocycles. The minimum Gasteiger partial charge on any atom is -0.481 e. The summed E-state index contributed by atoms with van der Waals surface area (Å²) in [5.74, 6) is -0.394. The molecule has 0 atom stereocenters. The van der Waals surface area contributed by atoms with Crippen LogP contribution in [0.25, 0.3) is 10.7 Å². The molecule has 3 aromatic rings. The average Bonchev–Trinajstić information content (AvgIpc) is 3.03. The number of carbonyl (C=O) groups is 1. The molecule has 0 bridgehead atoms. The van der Waals surface area contributed by atoms with E-state index in [0.717, 1.165) is 19.9 Å². The average molecular weight is 450 g/mol. The van der Waals surface area contributed by atoms with Crippen molar-refractivity contribution in [3.63, 3.8) is 0 Å². The first-order chi connectivity index (χ1) is 12.9. The van der Waals surface area contributed by atoms with Crippen LogP contribution in [0.4, 0.5) is 15.9 Å². The molecule has 140 valence electrons. The lowest BCUT2D eigenvalue weighted by Crippen LogP contribution is -2.06. The number of aryl methyl sites for hydroxylation is 1. The Morgan fingerprint density at radius 2 is 2.07 bits per heavy atom. The molecular formula is C19H17BrFN3O2S. The Balaban J connectivity index is 1.98. The fourth-order valence-electron chi connectivity index (χ4n) is 2.74. The fourth-order valence-corrected chi connectivity index (χ4v) is 4.06. The normalized spacial score (nSPS) is 10.8. The van der Waals surface area contributed by atoms with E-state index in [-0.39, 0.29) is 12.1 Å². The summed E-state index contributed by atoms with van der Waals surface area (Å²) in [6.07, 6.45) is 0.475. The van der Waals surface area contributed by atoms with Gasteiger partial charge in [0.25, 0.3) is 0 Å². The van der Waals surface area contributed by atoms with Crippen molar-refractivity contribution in [3.8, 4) is 10.7 Å². The van der Waals surface area contributed by atoms with Gasteiger partial charge < -0.3 is 10.4 Å². The van der Waals surface area contributed by atoms with Crippen molar-refractivity contribution < 1.29 is 14.3 Å². The number of nitrogens with zero attached hydrogens (tertiary/aromatic N) is 2. The molecule has 1 aromatic carbocycles. The zero-order valence-electron chi connectivity index (χ0n) is 14.7. The number of aliphatic carboxylic acids is 1. The van der Waals surface area contributed by atoms with Gasteiger partial charge in [0.05, 0.1) is 20.8 Å². The third-order valence-electron chi connectivity index (χ3n) is 4.00. The topological polar surface area (TPSA) is 75.1 Å². The molecule has 0 radical (unpaired) electrons. The van der Waals surface area contributed by atoms with Gasteiger partial charge in [-0.15, -0.1) is 11.3 Å². The highest BCUT2D eigenvalue weighted by Crippen LogP contribution is 2.32. The molecule has 0 unspecified atom stereocenters. The highest BCUT2D eigenvalue weighted by Gasteiger charge is 2.15. The standard InChI is InChI=1S/C19H17BrFN3O2S/c1-3-12-10(2)22-19(15-6-7-16(20)27-15)24-18(12)23-14-5-4-11(8-13(14)21)9-17(25)26/h4-8H,3,9H2,1-2H3,(H,25,26)(H,22,23,24). The molecule has 8 heteroatoms. The van der Waals surface area contributed by atoms with Gasteiger partial charge in [-0.25, -0.2) is 14.4 Å². The Morgan fingerprint density at radius 3 is 2.67 bits per heavy atom. The second-order valence-corrected chi connectivity index (χ2v) is 8.39. The Kier molecular flexibility index (Phi) is 5.86. The Hall–Kier alpha value is -2.32. The van der Waals surface area contributed by atoms with Crippen LogP contribution in [0.5, 0.6) is 0 Å². The number of nitrogens with one attached hydrogen (secondary N) is 1. The van der Waals surface area contributed by atoms with E-state index in [2.05, 4.69) is 31.2 Å². The number of rotatable bonds is 6. The number of hydrogen-bond donors (Lipinski definition) is 2. The van der Waals surface area contributed by atoms with E-state index in [4.69, 9.17) is 5.11 Å². The van der Waals surface area contributed by atoms with Crippen molar-refractivity contribution in [1.82, 2.24) is 9.97 Å². The number of benzene rings is 1. The SMILES string of the molecule is CCc1c(C)nc(-c2ccc(Br)s2)nc1Nc1ccc(CC(=O)O)cc1F. The van der Waals surface area contributed by atoms with Crippen LogP contribution in [0.3, 0.4) is 0 Å². The molecule has 0 saturated carbocycles. The number of aromatic nitrogens is 2. The number of hydrogen-bond acceptors (Lipinski definition) is 5. The van der Waals surface area contributed by atoms with Gasteiger partial charge in [-0.1, -0.05) is 13.0 Å². The van der Waals surface area contributed by atoms with E-state index >= 15 is 0 Å². The van der Waals surface area contributed by atoms with Crippen molar-refractivity contribution in [1.29, 1.82) is 0 Å². The lowest BCUT2D eigenvalue weighted by molar-refractivity contribution is -0.136. The highest BCUT2D eigenvalue weighted by atomic mass is 79.9. The molecule has 2 N–H and O–H groups in total. The third kappa shape index (κ3) is 4.51. The van der Waals surface area contributed by atoms with Crippen LogP contribution in [-0.4, -0.2) is 21.0 Å². The van der Waals surface area contributed by atoms with Gasteiger partial charge >= 0.3 is 5.97 Å². The zero-order chi connectivity index (χ0) is 19.6. The monoisotopic (exact) mass is 449 g/mol. The minimum absolute atomic E-state index is 0.221. The minimum atomic E-state index is -0.999. The Labute approximate surface area is 168 Å².